The van der Waals surface area contributed by atoms with Crippen LogP contribution in [0, 0.1) is 0 Å². The zero-order valence-electron chi connectivity index (χ0n) is 11.3. The lowest BCUT2D eigenvalue weighted by Crippen LogP contribution is -2.42. The van der Waals surface area contributed by atoms with Crippen LogP contribution in [0.3, 0.4) is 0 Å². The molecule has 112 valence electrons. The number of allylic oxidation sites excluding steroid dienone is 1. The number of ether oxygens (including phenoxy) is 2. The van der Waals surface area contributed by atoms with Crippen molar-refractivity contribution in [2.75, 3.05) is 7.11 Å². The molecule has 2 N–H and O–H groups in total. The van der Waals surface area contributed by atoms with Crippen molar-refractivity contribution in [3.63, 3.8) is 0 Å². The molecule has 0 aromatic heterocycles. The zero-order chi connectivity index (χ0) is 15.7. The summed E-state index contributed by atoms with van der Waals surface area (Å²) in [6, 6.07) is -1.42. The minimum atomic E-state index is -1.42. The van der Waals surface area contributed by atoms with Gasteiger partial charge in [0, 0.05) is 6.42 Å². The van der Waals surface area contributed by atoms with E-state index in [1.807, 2.05) is 0 Å². The number of esters is 2. The third-order valence-electron chi connectivity index (χ3n) is 2.08. The van der Waals surface area contributed by atoms with E-state index in [1.54, 1.807) is 0 Å². The Morgan fingerprint density at radius 2 is 1.80 bits per heavy atom. The maximum Gasteiger partial charge on any atom is 0.326 e. The first-order chi connectivity index (χ1) is 9.26. The van der Waals surface area contributed by atoms with Gasteiger partial charge in [0.1, 0.15) is 6.04 Å². The van der Waals surface area contributed by atoms with E-state index in [9.17, 15) is 19.2 Å². The van der Waals surface area contributed by atoms with Crippen molar-refractivity contribution in [3.8, 4) is 0 Å². The molecule has 0 rings (SSSR count). The average Bonchev–Trinajstić information content (AvgIpc) is 2.33. The molecule has 0 saturated heterocycles. The number of aliphatic carboxylic acids is 1. The van der Waals surface area contributed by atoms with Gasteiger partial charge < -0.3 is 19.9 Å². The number of carbonyl (C=O) groups excluding carboxylic acids is 3. The third-order valence-corrected chi connectivity index (χ3v) is 2.08. The quantitative estimate of drug-likeness (QED) is 0.475. The van der Waals surface area contributed by atoms with Crippen molar-refractivity contribution < 1.29 is 33.8 Å². The number of carboxylic acids is 1. The highest BCUT2D eigenvalue weighted by Gasteiger charge is 2.24. The van der Waals surface area contributed by atoms with Crippen molar-refractivity contribution in [2.24, 2.45) is 0 Å². The van der Waals surface area contributed by atoms with Crippen LogP contribution < -0.4 is 5.32 Å². The van der Waals surface area contributed by atoms with Crippen LogP contribution in [0.1, 0.15) is 26.2 Å². The van der Waals surface area contributed by atoms with E-state index in [0.29, 0.717) is 0 Å². The SMILES string of the molecule is C=C(C)OC(=O)CC(NC(=O)CCC(=O)OC)C(=O)O. The molecular formula is C12H17NO7. The number of carboxylic acid groups (broad SMARTS) is 1. The molecule has 8 nitrogen and oxygen atoms in total. The van der Waals surface area contributed by atoms with Gasteiger partial charge in [-0.3, -0.25) is 14.4 Å². The van der Waals surface area contributed by atoms with Crippen molar-refractivity contribution in [3.05, 3.63) is 12.3 Å². The van der Waals surface area contributed by atoms with Crippen LogP contribution in [0.25, 0.3) is 0 Å². The van der Waals surface area contributed by atoms with Crippen LogP contribution in [0.4, 0.5) is 0 Å². The van der Waals surface area contributed by atoms with Gasteiger partial charge in [-0.25, -0.2) is 4.79 Å². The Kier molecular flexibility index (Phi) is 7.64. The van der Waals surface area contributed by atoms with E-state index in [0.717, 1.165) is 0 Å². The molecule has 0 bridgehead atoms. The fourth-order valence-corrected chi connectivity index (χ4v) is 1.19. The van der Waals surface area contributed by atoms with Gasteiger partial charge in [-0.2, -0.15) is 0 Å². The summed E-state index contributed by atoms with van der Waals surface area (Å²) < 4.78 is 8.95. The van der Waals surface area contributed by atoms with Crippen molar-refractivity contribution >= 4 is 23.8 Å². The molecule has 8 heteroatoms. The maximum absolute atomic E-state index is 11.4. The van der Waals surface area contributed by atoms with Crippen LogP contribution in [-0.2, 0) is 28.7 Å². The van der Waals surface area contributed by atoms with Crippen LogP contribution in [0.2, 0.25) is 0 Å². The Balaban J connectivity index is 4.37. The van der Waals surface area contributed by atoms with E-state index >= 15 is 0 Å². The lowest BCUT2D eigenvalue weighted by Gasteiger charge is -2.13. The highest BCUT2D eigenvalue weighted by atomic mass is 16.5. The fraction of sp³-hybridized carbons (Fsp3) is 0.500. The number of amides is 1. The summed E-state index contributed by atoms with van der Waals surface area (Å²) in [5.74, 6) is -3.34. The number of rotatable bonds is 8. The minimum Gasteiger partial charge on any atom is -0.480 e. The first-order valence-electron chi connectivity index (χ1n) is 5.71. The molecule has 0 radical (unpaired) electrons. The normalized spacial score (nSPS) is 11.1. The summed E-state index contributed by atoms with van der Waals surface area (Å²) in [4.78, 5) is 44.5. The summed E-state index contributed by atoms with van der Waals surface area (Å²) >= 11 is 0. The summed E-state index contributed by atoms with van der Waals surface area (Å²) in [6.07, 6.45) is -0.941. The van der Waals surface area contributed by atoms with Crippen LogP contribution in [0.15, 0.2) is 12.3 Å². The van der Waals surface area contributed by atoms with Crippen LogP contribution in [0.5, 0.6) is 0 Å². The van der Waals surface area contributed by atoms with Crippen molar-refractivity contribution in [1.82, 2.24) is 5.32 Å². The Morgan fingerprint density at radius 1 is 1.20 bits per heavy atom. The fourth-order valence-electron chi connectivity index (χ4n) is 1.19. The Bertz CT molecular complexity index is 416. The van der Waals surface area contributed by atoms with Crippen molar-refractivity contribution in [2.45, 2.75) is 32.2 Å². The molecule has 0 aliphatic heterocycles. The molecule has 0 aromatic rings. The summed E-state index contributed by atoms with van der Waals surface area (Å²) in [5.41, 5.74) is 0. The highest BCUT2D eigenvalue weighted by Crippen LogP contribution is 2.01. The molecule has 0 spiro atoms. The Hall–Kier alpha value is -2.38. The van der Waals surface area contributed by atoms with Gasteiger partial charge in [0.25, 0.3) is 0 Å². The Morgan fingerprint density at radius 3 is 2.25 bits per heavy atom. The standard InChI is InChI=1S/C12H17NO7/c1-7(2)20-11(16)6-8(12(17)18)13-9(14)4-5-10(15)19-3/h8H,1,4-6H2,2-3H3,(H,13,14)(H,17,18). The predicted molar refractivity (Wildman–Crippen MR) is 66.3 cm³/mol. The first kappa shape index (κ1) is 17.6. The second-order valence-electron chi connectivity index (χ2n) is 3.91. The predicted octanol–water partition coefficient (Wildman–Crippen LogP) is -0.0241. The molecule has 1 atom stereocenters. The molecule has 0 aliphatic carbocycles. The van der Waals surface area contributed by atoms with Gasteiger partial charge in [0.2, 0.25) is 5.91 Å². The number of hydrogen-bond acceptors (Lipinski definition) is 6. The van der Waals surface area contributed by atoms with E-state index in [1.165, 1.54) is 14.0 Å². The number of hydrogen-bond donors (Lipinski definition) is 2. The second kappa shape index (κ2) is 8.68. The van der Waals surface area contributed by atoms with E-state index in [-0.39, 0.29) is 18.6 Å². The van der Waals surface area contributed by atoms with Gasteiger partial charge in [0.05, 0.1) is 25.7 Å². The summed E-state index contributed by atoms with van der Waals surface area (Å²) in [6.45, 7) is 4.77. The minimum absolute atomic E-state index is 0.121. The molecule has 1 amide bonds. The highest BCUT2D eigenvalue weighted by molar-refractivity contribution is 5.88. The smallest absolute Gasteiger partial charge is 0.326 e. The first-order valence-corrected chi connectivity index (χ1v) is 5.71. The van der Waals surface area contributed by atoms with Gasteiger partial charge >= 0.3 is 17.9 Å². The summed E-state index contributed by atoms with van der Waals surface area (Å²) in [7, 11) is 1.17. The van der Waals surface area contributed by atoms with Gasteiger partial charge in [-0.05, 0) is 6.92 Å². The van der Waals surface area contributed by atoms with Crippen molar-refractivity contribution in [1.29, 1.82) is 0 Å². The molecule has 1 unspecified atom stereocenters. The number of nitrogens with one attached hydrogen (secondary N) is 1. The van der Waals surface area contributed by atoms with Gasteiger partial charge in [0.15, 0.2) is 0 Å². The maximum atomic E-state index is 11.4. The molecule has 0 fully saturated rings. The Labute approximate surface area is 115 Å². The van der Waals surface area contributed by atoms with E-state index < -0.39 is 36.3 Å². The topological polar surface area (TPSA) is 119 Å². The second-order valence-corrected chi connectivity index (χ2v) is 3.91. The molecule has 0 aliphatic rings. The lowest BCUT2D eigenvalue weighted by atomic mass is 10.2. The van der Waals surface area contributed by atoms with Crippen LogP contribution in [-0.4, -0.2) is 42.1 Å². The monoisotopic (exact) mass is 287 g/mol. The molecule has 0 aromatic carbocycles. The molecule has 20 heavy (non-hydrogen) atoms. The molecule has 0 heterocycles. The number of carbonyl (C=O) groups is 4. The largest absolute Gasteiger partial charge is 0.480 e. The van der Waals surface area contributed by atoms with E-state index in [4.69, 9.17) is 5.11 Å². The summed E-state index contributed by atoms with van der Waals surface area (Å²) in [5, 5.41) is 11.0. The number of methoxy groups -OCH3 is 1. The third kappa shape index (κ3) is 7.85. The average molecular weight is 287 g/mol. The molecule has 0 saturated carbocycles. The van der Waals surface area contributed by atoms with E-state index in [2.05, 4.69) is 21.4 Å². The molecular weight excluding hydrogens is 270 g/mol. The van der Waals surface area contributed by atoms with Gasteiger partial charge in [-0.1, -0.05) is 6.58 Å². The lowest BCUT2D eigenvalue weighted by molar-refractivity contribution is -0.148. The van der Waals surface area contributed by atoms with Gasteiger partial charge in [-0.15, -0.1) is 0 Å². The zero-order valence-corrected chi connectivity index (χ0v) is 11.3. The van der Waals surface area contributed by atoms with Crippen LogP contribution >= 0.6 is 0 Å².